The fourth-order valence-electron chi connectivity index (χ4n) is 4.02. The highest BCUT2D eigenvalue weighted by molar-refractivity contribution is 5.56. The lowest BCUT2D eigenvalue weighted by Crippen LogP contribution is -2.29. The van der Waals surface area contributed by atoms with Gasteiger partial charge in [0.05, 0.1) is 0 Å². The minimum absolute atomic E-state index is 0.363. The van der Waals surface area contributed by atoms with Crippen molar-refractivity contribution in [1.29, 1.82) is 0 Å². The third kappa shape index (κ3) is 5.05. The average molecular weight is 386 g/mol. The monoisotopic (exact) mass is 385 g/mol. The first kappa shape index (κ1) is 19.3. The van der Waals surface area contributed by atoms with Crippen LogP contribution < -0.4 is 9.64 Å². The summed E-state index contributed by atoms with van der Waals surface area (Å²) in [5, 5.41) is 0. The molecule has 148 valence electrons. The van der Waals surface area contributed by atoms with E-state index in [1.54, 1.807) is 0 Å². The van der Waals surface area contributed by atoms with Gasteiger partial charge >= 0.3 is 0 Å². The standard InChI is InChI=1S/C26H27NO2/c28-18-16-24-7-4-17-27(24)25-12-8-21(9-13-25)19-22-10-14-26(15-11-22)29-20-23-5-2-1-3-6-23/h1-3,5-6,8-15,18,24H,4,7,16-17,19-20H2. The summed E-state index contributed by atoms with van der Waals surface area (Å²) >= 11 is 0. The highest BCUT2D eigenvalue weighted by Crippen LogP contribution is 2.27. The maximum atomic E-state index is 10.9. The summed E-state index contributed by atoms with van der Waals surface area (Å²) in [4.78, 5) is 13.3. The Kier molecular flexibility index (Phi) is 6.25. The van der Waals surface area contributed by atoms with Crippen LogP contribution in [0.1, 0.15) is 36.0 Å². The molecule has 1 heterocycles. The van der Waals surface area contributed by atoms with E-state index in [0.29, 0.717) is 19.1 Å². The molecule has 29 heavy (non-hydrogen) atoms. The molecule has 4 rings (SSSR count). The molecule has 0 amide bonds. The van der Waals surface area contributed by atoms with Crippen LogP contribution in [0.2, 0.25) is 0 Å². The Balaban J connectivity index is 1.33. The van der Waals surface area contributed by atoms with Crippen molar-refractivity contribution >= 4 is 12.0 Å². The molecular formula is C26H27NO2. The Morgan fingerprint density at radius 2 is 1.55 bits per heavy atom. The molecule has 1 saturated heterocycles. The van der Waals surface area contributed by atoms with E-state index in [2.05, 4.69) is 53.4 Å². The van der Waals surface area contributed by atoms with Gasteiger partial charge in [0.25, 0.3) is 0 Å². The van der Waals surface area contributed by atoms with Crippen molar-refractivity contribution in [2.45, 2.75) is 38.3 Å². The van der Waals surface area contributed by atoms with Crippen LogP contribution in [0.5, 0.6) is 5.75 Å². The first-order chi connectivity index (χ1) is 14.3. The number of nitrogens with zero attached hydrogens (tertiary/aromatic N) is 1. The maximum absolute atomic E-state index is 10.9. The summed E-state index contributed by atoms with van der Waals surface area (Å²) in [6.45, 7) is 1.63. The van der Waals surface area contributed by atoms with Crippen LogP contribution in [0.4, 0.5) is 5.69 Å². The molecule has 0 aromatic heterocycles. The summed E-state index contributed by atoms with van der Waals surface area (Å²) in [7, 11) is 0. The van der Waals surface area contributed by atoms with Gasteiger partial charge in [-0.25, -0.2) is 0 Å². The van der Waals surface area contributed by atoms with Crippen molar-refractivity contribution in [2.24, 2.45) is 0 Å². The summed E-state index contributed by atoms with van der Waals surface area (Å²) in [6, 6.07) is 27.7. The second kappa shape index (κ2) is 9.42. The maximum Gasteiger partial charge on any atom is 0.122 e. The highest BCUT2D eigenvalue weighted by atomic mass is 16.5. The molecule has 0 aliphatic carbocycles. The van der Waals surface area contributed by atoms with Gasteiger partial charge in [0.15, 0.2) is 0 Å². The van der Waals surface area contributed by atoms with Crippen molar-refractivity contribution < 1.29 is 9.53 Å². The van der Waals surface area contributed by atoms with Gasteiger partial charge in [-0.05, 0) is 60.2 Å². The molecule has 3 nitrogen and oxygen atoms in total. The fourth-order valence-corrected chi connectivity index (χ4v) is 4.02. The quantitative estimate of drug-likeness (QED) is 0.485. The van der Waals surface area contributed by atoms with Gasteiger partial charge < -0.3 is 14.4 Å². The summed E-state index contributed by atoms with van der Waals surface area (Å²) in [5.41, 5.74) is 4.95. The van der Waals surface area contributed by atoms with E-state index in [9.17, 15) is 4.79 Å². The molecular weight excluding hydrogens is 358 g/mol. The van der Waals surface area contributed by atoms with Crippen molar-refractivity contribution in [3.63, 3.8) is 0 Å². The van der Waals surface area contributed by atoms with Crippen molar-refractivity contribution in [1.82, 2.24) is 0 Å². The fraction of sp³-hybridized carbons (Fsp3) is 0.269. The number of carbonyl (C=O) groups excluding carboxylic acids is 1. The van der Waals surface area contributed by atoms with Gasteiger partial charge in [0.2, 0.25) is 0 Å². The normalized spacial score (nSPS) is 16.0. The Bertz CT molecular complexity index is 904. The highest BCUT2D eigenvalue weighted by Gasteiger charge is 2.24. The van der Waals surface area contributed by atoms with Crippen LogP contribution in [0.3, 0.4) is 0 Å². The molecule has 0 radical (unpaired) electrons. The zero-order valence-corrected chi connectivity index (χ0v) is 16.7. The second-order valence-electron chi connectivity index (χ2n) is 7.65. The van der Waals surface area contributed by atoms with Gasteiger partial charge in [-0.2, -0.15) is 0 Å². The number of benzene rings is 3. The van der Waals surface area contributed by atoms with Crippen molar-refractivity contribution in [3.05, 3.63) is 95.6 Å². The van der Waals surface area contributed by atoms with E-state index in [-0.39, 0.29) is 0 Å². The summed E-state index contributed by atoms with van der Waals surface area (Å²) < 4.78 is 5.87. The molecule has 0 spiro atoms. The minimum Gasteiger partial charge on any atom is -0.489 e. The number of hydrogen-bond acceptors (Lipinski definition) is 3. The Morgan fingerprint density at radius 1 is 0.862 bits per heavy atom. The molecule has 1 aliphatic rings. The van der Waals surface area contributed by atoms with Gasteiger partial charge in [0.1, 0.15) is 18.6 Å². The lowest BCUT2D eigenvalue weighted by atomic mass is 10.0. The first-order valence-corrected chi connectivity index (χ1v) is 10.4. The predicted molar refractivity (Wildman–Crippen MR) is 118 cm³/mol. The molecule has 1 fully saturated rings. The number of rotatable bonds is 8. The lowest BCUT2D eigenvalue weighted by Gasteiger charge is -2.25. The molecule has 3 aromatic rings. The molecule has 1 unspecified atom stereocenters. The number of hydrogen-bond donors (Lipinski definition) is 0. The zero-order valence-electron chi connectivity index (χ0n) is 16.7. The number of anilines is 1. The molecule has 1 atom stereocenters. The van der Waals surface area contributed by atoms with E-state index in [4.69, 9.17) is 4.74 Å². The van der Waals surface area contributed by atoms with Gasteiger partial charge in [0, 0.05) is 24.7 Å². The minimum atomic E-state index is 0.363. The summed E-state index contributed by atoms with van der Waals surface area (Å²) in [5.74, 6) is 0.892. The molecule has 0 saturated carbocycles. The summed E-state index contributed by atoms with van der Waals surface area (Å²) in [6.07, 6.45) is 4.85. The van der Waals surface area contributed by atoms with Crippen LogP contribution in [-0.4, -0.2) is 18.9 Å². The smallest absolute Gasteiger partial charge is 0.122 e. The van der Waals surface area contributed by atoms with E-state index >= 15 is 0 Å². The van der Waals surface area contributed by atoms with E-state index in [1.165, 1.54) is 28.8 Å². The number of ether oxygens (including phenoxy) is 1. The van der Waals surface area contributed by atoms with Crippen LogP contribution in [-0.2, 0) is 17.8 Å². The lowest BCUT2D eigenvalue weighted by molar-refractivity contribution is -0.108. The largest absolute Gasteiger partial charge is 0.489 e. The first-order valence-electron chi connectivity index (χ1n) is 10.4. The zero-order chi connectivity index (χ0) is 19.9. The average Bonchev–Trinajstić information content (AvgIpc) is 3.23. The van der Waals surface area contributed by atoms with Crippen molar-refractivity contribution in [2.75, 3.05) is 11.4 Å². The Labute approximate surface area is 172 Å². The number of carbonyl (C=O) groups is 1. The van der Waals surface area contributed by atoms with Crippen LogP contribution in [0.25, 0.3) is 0 Å². The van der Waals surface area contributed by atoms with E-state index in [0.717, 1.165) is 31.4 Å². The van der Waals surface area contributed by atoms with Crippen LogP contribution >= 0.6 is 0 Å². The number of aldehydes is 1. The van der Waals surface area contributed by atoms with Crippen LogP contribution in [0.15, 0.2) is 78.9 Å². The van der Waals surface area contributed by atoms with E-state index in [1.807, 2.05) is 30.3 Å². The third-order valence-electron chi connectivity index (χ3n) is 5.59. The molecule has 3 aromatic carbocycles. The molecule has 0 N–H and O–H groups in total. The van der Waals surface area contributed by atoms with E-state index < -0.39 is 0 Å². The topological polar surface area (TPSA) is 29.5 Å². The second-order valence-corrected chi connectivity index (χ2v) is 7.65. The SMILES string of the molecule is O=CCC1CCCN1c1ccc(Cc2ccc(OCc3ccccc3)cc2)cc1. The van der Waals surface area contributed by atoms with Gasteiger partial charge in [-0.15, -0.1) is 0 Å². The Hall–Kier alpha value is -3.07. The van der Waals surface area contributed by atoms with Gasteiger partial charge in [-0.1, -0.05) is 54.6 Å². The van der Waals surface area contributed by atoms with Crippen LogP contribution in [0, 0.1) is 0 Å². The predicted octanol–water partition coefficient (Wildman–Crippen LogP) is 5.41. The van der Waals surface area contributed by atoms with Gasteiger partial charge in [-0.3, -0.25) is 0 Å². The van der Waals surface area contributed by atoms with Crippen molar-refractivity contribution in [3.8, 4) is 5.75 Å². The molecule has 1 aliphatic heterocycles. The Morgan fingerprint density at radius 3 is 2.24 bits per heavy atom. The third-order valence-corrected chi connectivity index (χ3v) is 5.59. The molecule has 3 heteroatoms. The molecule has 0 bridgehead atoms.